The van der Waals surface area contributed by atoms with Gasteiger partial charge < -0.3 is 9.47 Å². The van der Waals surface area contributed by atoms with Gasteiger partial charge in [-0.25, -0.2) is 23.0 Å². The number of esters is 1. The molecule has 1 N–H and O–H groups in total. The van der Waals surface area contributed by atoms with Crippen LogP contribution in [0, 0.1) is 5.82 Å². The van der Waals surface area contributed by atoms with Crippen LogP contribution >= 0.6 is 0 Å². The molecular weight excluding hydrogens is 513 g/mol. The summed E-state index contributed by atoms with van der Waals surface area (Å²) in [6.45, 7) is 4.34. The maximum atomic E-state index is 14.5. The number of sulfonamides is 1. The zero-order chi connectivity index (χ0) is 27.8. The van der Waals surface area contributed by atoms with E-state index in [0.717, 1.165) is 6.07 Å². The van der Waals surface area contributed by atoms with E-state index in [1.807, 2.05) is 0 Å². The van der Waals surface area contributed by atoms with Crippen LogP contribution in [0.3, 0.4) is 0 Å². The van der Waals surface area contributed by atoms with Crippen molar-refractivity contribution in [3.63, 3.8) is 0 Å². The highest BCUT2D eigenvalue weighted by atomic mass is 32.2. The van der Waals surface area contributed by atoms with Crippen molar-refractivity contribution in [2.75, 3.05) is 17.5 Å². The van der Waals surface area contributed by atoms with Crippen LogP contribution in [0.1, 0.15) is 26.3 Å². The SMILES string of the molecule is CC(C)(C)OC(=O)COc1ccc(/C=N\NC(=O)CN(c2ccccc2F)S(=O)(=O)c2ccccc2)cc1. The van der Waals surface area contributed by atoms with Crippen LogP contribution in [-0.4, -0.2) is 45.3 Å². The smallest absolute Gasteiger partial charge is 0.344 e. The van der Waals surface area contributed by atoms with E-state index < -0.39 is 39.9 Å². The van der Waals surface area contributed by atoms with Crippen molar-refractivity contribution in [3.05, 3.63) is 90.2 Å². The third-order valence-electron chi connectivity index (χ3n) is 4.80. The van der Waals surface area contributed by atoms with Crippen LogP contribution in [-0.2, 0) is 24.3 Å². The lowest BCUT2D eigenvalue weighted by atomic mass is 10.2. The Morgan fingerprint density at radius 3 is 2.24 bits per heavy atom. The van der Waals surface area contributed by atoms with Gasteiger partial charge in [-0.1, -0.05) is 30.3 Å². The van der Waals surface area contributed by atoms with Gasteiger partial charge in [-0.05, 0) is 74.9 Å². The molecule has 3 aromatic carbocycles. The summed E-state index contributed by atoms with van der Waals surface area (Å²) in [6.07, 6.45) is 1.34. The highest BCUT2D eigenvalue weighted by molar-refractivity contribution is 7.92. The van der Waals surface area contributed by atoms with E-state index in [-0.39, 0.29) is 17.2 Å². The normalized spacial score (nSPS) is 11.7. The largest absolute Gasteiger partial charge is 0.482 e. The molecule has 1 amide bonds. The minimum absolute atomic E-state index is 0.0893. The Balaban J connectivity index is 1.64. The number of nitrogens with one attached hydrogen (secondary N) is 1. The zero-order valence-electron chi connectivity index (χ0n) is 21.1. The quantitative estimate of drug-likeness (QED) is 0.237. The molecule has 0 aliphatic carbocycles. The van der Waals surface area contributed by atoms with Crippen molar-refractivity contribution in [2.24, 2.45) is 5.10 Å². The first-order chi connectivity index (χ1) is 18.0. The molecule has 0 aliphatic heterocycles. The second kappa shape index (κ2) is 12.3. The summed E-state index contributed by atoms with van der Waals surface area (Å²) in [5.41, 5.74) is 1.98. The summed E-state index contributed by atoms with van der Waals surface area (Å²) in [7, 11) is -4.24. The predicted molar refractivity (Wildman–Crippen MR) is 141 cm³/mol. The van der Waals surface area contributed by atoms with Gasteiger partial charge in [-0.2, -0.15) is 5.10 Å². The number of amides is 1. The van der Waals surface area contributed by atoms with E-state index in [0.29, 0.717) is 15.6 Å². The molecule has 3 rings (SSSR count). The second-order valence-corrected chi connectivity index (χ2v) is 10.9. The lowest BCUT2D eigenvalue weighted by Gasteiger charge is -2.24. The van der Waals surface area contributed by atoms with Crippen molar-refractivity contribution in [1.29, 1.82) is 0 Å². The van der Waals surface area contributed by atoms with Crippen LogP contribution in [0.4, 0.5) is 10.1 Å². The number of carbonyl (C=O) groups excluding carboxylic acids is 2. The molecular formula is C27H28FN3O6S. The van der Waals surface area contributed by atoms with Gasteiger partial charge in [0.2, 0.25) is 0 Å². The number of hydrogen-bond donors (Lipinski definition) is 1. The Morgan fingerprint density at radius 1 is 0.974 bits per heavy atom. The molecule has 0 spiro atoms. The fourth-order valence-corrected chi connectivity index (χ4v) is 4.63. The minimum atomic E-state index is -4.24. The Morgan fingerprint density at radius 2 is 1.61 bits per heavy atom. The van der Waals surface area contributed by atoms with Crippen molar-refractivity contribution in [1.82, 2.24) is 5.43 Å². The monoisotopic (exact) mass is 541 g/mol. The molecule has 0 aromatic heterocycles. The molecule has 0 bridgehead atoms. The van der Waals surface area contributed by atoms with E-state index >= 15 is 0 Å². The summed E-state index contributed by atoms with van der Waals surface area (Å²) < 4.78 is 52.2. The van der Waals surface area contributed by atoms with Gasteiger partial charge in [0.1, 0.15) is 23.7 Å². The van der Waals surface area contributed by atoms with Gasteiger partial charge >= 0.3 is 5.97 Å². The fraction of sp³-hybridized carbons (Fsp3) is 0.222. The number of hydrazone groups is 1. The average molecular weight is 542 g/mol. The molecule has 0 saturated heterocycles. The first kappa shape index (κ1) is 28.3. The first-order valence-electron chi connectivity index (χ1n) is 11.5. The number of rotatable bonds is 10. The lowest BCUT2D eigenvalue weighted by molar-refractivity contribution is -0.157. The van der Waals surface area contributed by atoms with Crippen LogP contribution in [0.5, 0.6) is 5.75 Å². The molecule has 38 heavy (non-hydrogen) atoms. The van der Waals surface area contributed by atoms with Gasteiger partial charge in [0.15, 0.2) is 6.61 Å². The lowest BCUT2D eigenvalue weighted by Crippen LogP contribution is -2.40. The summed E-state index contributed by atoms with van der Waals surface area (Å²) in [5.74, 6) is -1.63. The Bertz CT molecular complexity index is 1390. The topological polar surface area (TPSA) is 114 Å². The van der Waals surface area contributed by atoms with Crippen molar-refractivity contribution >= 4 is 33.8 Å². The van der Waals surface area contributed by atoms with Gasteiger partial charge in [0, 0.05) is 0 Å². The Labute approximate surface area is 220 Å². The molecule has 0 heterocycles. The van der Waals surface area contributed by atoms with Crippen molar-refractivity contribution in [2.45, 2.75) is 31.3 Å². The molecule has 3 aromatic rings. The molecule has 9 nitrogen and oxygen atoms in total. The maximum absolute atomic E-state index is 14.5. The van der Waals surface area contributed by atoms with E-state index in [4.69, 9.17) is 9.47 Å². The summed E-state index contributed by atoms with van der Waals surface area (Å²) >= 11 is 0. The number of benzene rings is 3. The zero-order valence-corrected chi connectivity index (χ0v) is 21.9. The predicted octanol–water partition coefficient (Wildman–Crippen LogP) is 3.89. The molecule has 0 radical (unpaired) electrons. The number of ether oxygens (including phenoxy) is 2. The highest BCUT2D eigenvalue weighted by Gasteiger charge is 2.29. The maximum Gasteiger partial charge on any atom is 0.344 e. The average Bonchev–Trinajstić information content (AvgIpc) is 2.87. The number of halogens is 1. The number of carbonyl (C=O) groups is 2. The van der Waals surface area contributed by atoms with Crippen molar-refractivity contribution < 1.29 is 31.9 Å². The molecule has 0 saturated carbocycles. The van der Waals surface area contributed by atoms with Crippen molar-refractivity contribution in [3.8, 4) is 5.75 Å². The molecule has 11 heteroatoms. The number of anilines is 1. The first-order valence-corrected chi connectivity index (χ1v) is 13.0. The molecule has 0 unspecified atom stereocenters. The third kappa shape index (κ3) is 8.13. The fourth-order valence-electron chi connectivity index (χ4n) is 3.18. The van der Waals surface area contributed by atoms with Gasteiger partial charge in [0.25, 0.3) is 15.9 Å². The summed E-state index contributed by atoms with van der Waals surface area (Å²) in [5, 5.41) is 3.85. The summed E-state index contributed by atoms with van der Waals surface area (Å²) in [4.78, 5) is 24.3. The van der Waals surface area contributed by atoms with E-state index in [1.54, 1.807) is 51.1 Å². The standard InChI is InChI=1S/C27H28FN3O6S/c1-27(2,3)37-26(33)19-36-21-15-13-20(14-16-21)17-29-30-25(32)18-31(24-12-8-7-11-23(24)28)38(34,35)22-9-5-4-6-10-22/h4-17H,18-19H2,1-3H3,(H,30,32)/b29-17-. The number of para-hydroxylation sites is 1. The Kier molecular flexibility index (Phi) is 9.19. The molecule has 200 valence electrons. The van der Waals surface area contributed by atoms with Gasteiger partial charge in [-0.15, -0.1) is 0 Å². The highest BCUT2D eigenvalue weighted by Crippen LogP contribution is 2.26. The van der Waals surface area contributed by atoms with E-state index in [1.165, 1.54) is 48.7 Å². The van der Waals surface area contributed by atoms with Crippen LogP contribution in [0.25, 0.3) is 0 Å². The minimum Gasteiger partial charge on any atom is -0.482 e. The van der Waals surface area contributed by atoms with Crippen LogP contribution in [0.2, 0.25) is 0 Å². The number of hydrogen-bond acceptors (Lipinski definition) is 7. The van der Waals surface area contributed by atoms with Gasteiger partial charge in [-0.3, -0.25) is 9.10 Å². The summed E-state index contributed by atoms with van der Waals surface area (Å²) in [6, 6.07) is 19.2. The molecule has 0 fully saturated rings. The number of nitrogens with zero attached hydrogens (tertiary/aromatic N) is 2. The molecule has 0 aliphatic rings. The Hall–Kier alpha value is -4.25. The van der Waals surface area contributed by atoms with Crippen LogP contribution in [0.15, 0.2) is 88.9 Å². The van der Waals surface area contributed by atoms with E-state index in [2.05, 4.69) is 10.5 Å². The third-order valence-corrected chi connectivity index (χ3v) is 6.57. The molecule has 0 atom stereocenters. The van der Waals surface area contributed by atoms with E-state index in [9.17, 15) is 22.4 Å². The van der Waals surface area contributed by atoms with Crippen LogP contribution < -0.4 is 14.5 Å². The van der Waals surface area contributed by atoms with Gasteiger partial charge in [0.05, 0.1) is 16.8 Å². The second-order valence-electron chi connectivity index (χ2n) is 9.01.